The molecule has 0 spiro atoms. The molecule has 0 atom stereocenters. The third-order valence-corrected chi connectivity index (χ3v) is 4.29. The van der Waals surface area contributed by atoms with Crippen LogP contribution in [0.3, 0.4) is 0 Å². The van der Waals surface area contributed by atoms with E-state index in [9.17, 15) is 4.79 Å². The first kappa shape index (κ1) is 14.1. The molecule has 0 amide bonds. The van der Waals surface area contributed by atoms with Crippen molar-refractivity contribution in [2.75, 3.05) is 7.11 Å². The Morgan fingerprint density at radius 1 is 1.21 bits per heavy atom. The summed E-state index contributed by atoms with van der Waals surface area (Å²) in [7, 11) is 1.63. The summed E-state index contributed by atoms with van der Waals surface area (Å²) in [5, 5.41) is 0. The van der Waals surface area contributed by atoms with Crippen molar-refractivity contribution in [1.82, 2.24) is 0 Å². The fourth-order valence-corrected chi connectivity index (χ4v) is 2.85. The molecule has 1 saturated carbocycles. The first-order valence-corrected chi connectivity index (χ1v) is 6.98. The molecule has 0 heterocycles. The predicted molar refractivity (Wildman–Crippen MR) is 76.7 cm³/mol. The van der Waals surface area contributed by atoms with E-state index in [1.54, 1.807) is 7.11 Å². The van der Waals surface area contributed by atoms with Gasteiger partial charge in [-0.05, 0) is 56.7 Å². The third-order valence-electron chi connectivity index (χ3n) is 4.29. The van der Waals surface area contributed by atoms with Crippen LogP contribution in [0.15, 0.2) is 12.1 Å². The highest BCUT2D eigenvalue weighted by molar-refractivity contribution is 6.00. The van der Waals surface area contributed by atoms with Crippen molar-refractivity contribution in [3.8, 4) is 5.75 Å². The number of ketones is 1. The van der Waals surface area contributed by atoms with Crippen LogP contribution < -0.4 is 10.5 Å². The summed E-state index contributed by atoms with van der Waals surface area (Å²) < 4.78 is 5.44. The van der Waals surface area contributed by atoms with Gasteiger partial charge in [-0.2, -0.15) is 0 Å². The van der Waals surface area contributed by atoms with Crippen LogP contribution in [0.5, 0.6) is 5.75 Å². The van der Waals surface area contributed by atoms with E-state index < -0.39 is 0 Å². The first-order valence-electron chi connectivity index (χ1n) is 6.98. The summed E-state index contributed by atoms with van der Waals surface area (Å²) in [6, 6.07) is 4.17. The fourth-order valence-electron chi connectivity index (χ4n) is 2.85. The molecule has 1 aromatic carbocycles. The highest BCUT2D eigenvalue weighted by Crippen LogP contribution is 2.32. The number of carbonyl (C=O) groups excluding carboxylic acids is 1. The third kappa shape index (κ3) is 2.81. The molecule has 1 aliphatic carbocycles. The summed E-state index contributed by atoms with van der Waals surface area (Å²) >= 11 is 0. The minimum Gasteiger partial charge on any atom is -0.496 e. The molecule has 0 aromatic heterocycles. The lowest BCUT2D eigenvalue weighted by molar-refractivity contribution is 0.0881. The Balaban J connectivity index is 2.26. The maximum absolute atomic E-state index is 12.6. The van der Waals surface area contributed by atoms with E-state index in [-0.39, 0.29) is 17.7 Å². The second-order valence-corrected chi connectivity index (χ2v) is 5.56. The Bertz CT molecular complexity index is 474. The van der Waals surface area contributed by atoms with Crippen molar-refractivity contribution in [2.24, 2.45) is 11.7 Å². The molecule has 1 fully saturated rings. The second-order valence-electron chi connectivity index (χ2n) is 5.56. The predicted octanol–water partition coefficient (Wildman–Crippen LogP) is 3.01. The summed E-state index contributed by atoms with van der Waals surface area (Å²) in [5.41, 5.74) is 8.84. The van der Waals surface area contributed by atoms with Crippen LogP contribution in [0.25, 0.3) is 0 Å². The van der Waals surface area contributed by atoms with Crippen LogP contribution in [0.2, 0.25) is 0 Å². The second kappa shape index (κ2) is 5.74. The van der Waals surface area contributed by atoms with Crippen LogP contribution in [-0.2, 0) is 0 Å². The summed E-state index contributed by atoms with van der Waals surface area (Å²) in [6.45, 7) is 4.04. The highest BCUT2D eigenvalue weighted by Gasteiger charge is 2.27. The van der Waals surface area contributed by atoms with Gasteiger partial charge in [0.05, 0.1) is 12.7 Å². The molecule has 2 rings (SSSR count). The van der Waals surface area contributed by atoms with Gasteiger partial charge in [-0.15, -0.1) is 0 Å². The van der Waals surface area contributed by atoms with Gasteiger partial charge in [-0.3, -0.25) is 4.79 Å². The molecular weight excluding hydrogens is 238 g/mol. The van der Waals surface area contributed by atoms with E-state index in [2.05, 4.69) is 0 Å². The molecule has 0 saturated heterocycles. The normalized spacial score (nSPS) is 23.2. The van der Waals surface area contributed by atoms with Crippen LogP contribution in [0.1, 0.15) is 47.2 Å². The van der Waals surface area contributed by atoms with E-state index >= 15 is 0 Å². The van der Waals surface area contributed by atoms with Crippen LogP contribution in [0, 0.1) is 19.8 Å². The maximum Gasteiger partial charge on any atom is 0.169 e. The van der Waals surface area contributed by atoms with Crippen LogP contribution >= 0.6 is 0 Å². The molecule has 0 bridgehead atoms. The Kier molecular flexibility index (Phi) is 4.25. The summed E-state index contributed by atoms with van der Waals surface area (Å²) in [6.07, 6.45) is 3.69. The van der Waals surface area contributed by atoms with E-state index in [1.807, 2.05) is 26.0 Å². The quantitative estimate of drug-likeness (QED) is 0.851. The monoisotopic (exact) mass is 261 g/mol. The van der Waals surface area contributed by atoms with E-state index in [4.69, 9.17) is 10.5 Å². The van der Waals surface area contributed by atoms with Gasteiger partial charge in [0.25, 0.3) is 0 Å². The van der Waals surface area contributed by atoms with E-state index in [0.29, 0.717) is 0 Å². The average molecular weight is 261 g/mol. The first-order chi connectivity index (χ1) is 9.04. The van der Waals surface area contributed by atoms with Gasteiger partial charge in [0.15, 0.2) is 5.78 Å². The molecule has 0 aliphatic heterocycles. The number of ether oxygens (including phenoxy) is 1. The SMILES string of the molecule is COc1c(C(=O)C2CCC(N)CC2)ccc(C)c1C. The molecule has 3 nitrogen and oxygen atoms in total. The van der Waals surface area contributed by atoms with Crippen molar-refractivity contribution in [3.63, 3.8) is 0 Å². The topological polar surface area (TPSA) is 52.3 Å². The number of benzene rings is 1. The zero-order chi connectivity index (χ0) is 14.0. The van der Waals surface area contributed by atoms with Gasteiger partial charge < -0.3 is 10.5 Å². The van der Waals surface area contributed by atoms with Crippen LogP contribution in [-0.4, -0.2) is 18.9 Å². The van der Waals surface area contributed by atoms with Gasteiger partial charge in [-0.1, -0.05) is 6.07 Å². The highest BCUT2D eigenvalue weighted by atomic mass is 16.5. The minimum atomic E-state index is 0.107. The standard InChI is InChI=1S/C16H23NO2/c1-10-4-9-14(16(19-3)11(10)2)15(18)12-5-7-13(17)8-6-12/h4,9,12-13H,5-8,17H2,1-3H3. The summed E-state index contributed by atoms with van der Waals surface area (Å²) in [5.74, 6) is 1.06. The number of hydrogen-bond acceptors (Lipinski definition) is 3. The number of aryl methyl sites for hydroxylation is 1. The zero-order valence-corrected chi connectivity index (χ0v) is 12.0. The zero-order valence-electron chi connectivity index (χ0n) is 12.0. The lowest BCUT2D eigenvalue weighted by Crippen LogP contribution is -2.30. The van der Waals surface area contributed by atoms with Gasteiger partial charge >= 0.3 is 0 Å². The lowest BCUT2D eigenvalue weighted by Gasteiger charge is -2.25. The molecule has 0 radical (unpaired) electrons. The van der Waals surface area contributed by atoms with Crippen molar-refractivity contribution < 1.29 is 9.53 Å². The van der Waals surface area contributed by atoms with Gasteiger partial charge in [0.1, 0.15) is 5.75 Å². The lowest BCUT2D eigenvalue weighted by atomic mass is 9.81. The number of nitrogens with two attached hydrogens (primary N) is 1. The average Bonchev–Trinajstić information content (AvgIpc) is 2.41. The molecule has 3 heteroatoms. The van der Waals surface area contributed by atoms with Gasteiger partial charge in [0.2, 0.25) is 0 Å². The number of hydrogen-bond donors (Lipinski definition) is 1. The molecule has 0 unspecified atom stereocenters. The summed E-state index contributed by atoms with van der Waals surface area (Å²) in [4.78, 5) is 12.6. The smallest absolute Gasteiger partial charge is 0.169 e. The molecule has 1 aromatic rings. The largest absolute Gasteiger partial charge is 0.496 e. The number of methoxy groups -OCH3 is 1. The fraction of sp³-hybridized carbons (Fsp3) is 0.562. The van der Waals surface area contributed by atoms with Crippen molar-refractivity contribution >= 4 is 5.78 Å². The van der Waals surface area contributed by atoms with Crippen molar-refractivity contribution in [3.05, 3.63) is 28.8 Å². The van der Waals surface area contributed by atoms with Gasteiger partial charge in [0, 0.05) is 12.0 Å². The van der Waals surface area contributed by atoms with E-state index in [1.165, 1.54) is 0 Å². The molecule has 2 N–H and O–H groups in total. The van der Waals surface area contributed by atoms with E-state index in [0.717, 1.165) is 48.1 Å². The molecule has 104 valence electrons. The van der Waals surface area contributed by atoms with Crippen molar-refractivity contribution in [1.29, 1.82) is 0 Å². The Morgan fingerprint density at radius 2 is 1.84 bits per heavy atom. The number of Topliss-reactive ketones (excluding diaryl/α,β-unsaturated/α-hetero) is 1. The van der Waals surface area contributed by atoms with Gasteiger partial charge in [-0.25, -0.2) is 0 Å². The van der Waals surface area contributed by atoms with Crippen molar-refractivity contribution in [2.45, 2.75) is 45.6 Å². The molecule has 19 heavy (non-hydrogen) atoms. The number of carbonyl (C=O) groups is 1. The Hall–Kier alpha value is -1.35. The maximum atomic E-state index is 12.6. The minimum absolute atomic E-state index is 0.107. The Morgan fingerprint density at radius 3 is 2.42 bits per heavy atom. The molecular formula is C16H23NO2. The molecule has 1 aliphatic rings. The van der Waals surface area contributed by atoms with Crippen LogP contribution in [0.4, 0.5) is 0 Å². The Labute approximate surface area is 115 Å². The number of rotatable bonds is 3.